The van der Waals surface area contributed by atoms with Gasteiger partial charge in [0.1, 0.15) is 11.6 Å². The molecule has 0 spiro atoms. The molecule has 0 amide bonds. The van der Waals surface area contributed by atoms with Gasteiger partial charge in [-0.05, 0) is 41.8 Å². The van der Waals surface area contributed by atoms with Gasteiger partial charge in [-0.25, -0.2) is 9.37 Å². The van der Waals surface area contributed by atoms with E-state index in [1.54, 1.807) is 19.1 Å². The zero-order chi connectivity index (χ0) is 19.6. The molecular weight excluding hydrogens is 419 g/mol. The van der Waals surface area contributed by atoms with Crippen LogP contribution < -0.4 is 10.2 Å². The highest BCUT2D eigenvalue weighted by Gasteiger charge is 2.21. The number of ether oxygens (including phenoxy) is 1. The zero-order valence-electron chi connectivity index (χ0n) is 14.5. The summed E-state index contributed by atoms with van der Waals surface area (Å²) in [7, 11) is 0. The predicted octanol–water partition coefficient (Wildman–Crippen LogP) is 4.95. The van der Waals surface area contributed by atoms with E-state index < -0.39 is 15.6 Å². The lowest BCUT2D eigenvalue weighted by Gasteiger charge is -2.28. The van der Waals surface area contributed by atoms with Crippen molar-refractivity contribution in [3.63, 3.8) is 0 Å². The Morgan fingerprint density at radius 3 is 2.52 bits per heavy atom. The normalized spacial score (nSPS) is 15.1. The highest BCUT2D eigenvalue weighted by Crippen LogP contribution is 2.33. The monoisotopic (exact) mass is 435 g/mol. The Hall–Kier alpha value is -1.34. The van der Waals surface area contributed by atoms with Crippen molar-refractivity contribution in [2.24, 2.45) is 0 Å². The molecule has 1 fully saturated rings. The van der Waals surface area contributed by atoms with Crippen molar-refractivity contribution in [1.29, 1.82) is 0 Å². The summed E-state index contributed by atoms with van der Waals surface area (Å²) in [6, 6.07) is 6.05. The van der Waals surface area contributed by atoms with Crippen LogP contribution in [0.3, 0.4) is 0 Å². The van der Waals surface area contributed by atoms with Crippen molar-refractivity contribution in [2.45, 2.75) is 10.7 Å². The van der Waals surface area contributed by atoms with Crippen LogP contribution in [0.5, 0.6) is 0 Å². The summed E-state index contributed by atoms with van der Waals surface area (Å²) in [5, 5.41) is 2.78. The Balaban J connectivity index is 1.96. The number of nitrogens with one attached hydrogen (secondary N) is 1. The quantitative estimate of drug-likeness (QED) is 0.543. The van der Waals surface area contributed by atoms with Gasteiger partial charge in [0.05, 0.1) is 25.4 Å². The van der Waals surface area contributed by atoms with Crippen molar-refractivity contribution in [3.8, 4) is 11.1 Å². The molecule has 0 atom stereocenters. The number of morpholine rings is 1. The molecule has 27 heavy (non-hydrogen) atoms. The molecule has 1 N–H and O–H groups in total. The minimum absolute atomic E-state index is 0.0686. The largest absolute Gasteiger partial charge is 0.378 e. The Morgan fingerprint density at radius 1 is 1.15 bits per heavy atom. The van der Waals surface area contributed by atoms with E-state index >= 15 is 0 Å². The van der Waals surface area contributed by atoms with E-state index in [1.165, 1.54) is 12.1 Å². The van der Waals surface area contributed by atoms with Crippen molar-refractivity contribution in [1.82, 2.24) is 4.98 Å². The lowest BCUT2D eigenvalue weighted by atomic mass is 10.00. The number of rotatable bonds is 4. The SMILES string of the molecule is Cc1cc(F)c(NCC(Cl)(Cl)Cl)cc1-c1cc(F)nc(N2CCOCC2)c1. The molecule has 4 nitrogen and oxygen atoms in total. The second-order valence-electron chi connectivity index (χ2n) is 6.25. The van der Waals surface area contributed by atoms with Crippen molar-refractivity contribution >= 4 is 46.3 Å². The molecule has 0 bridgehead atoms. The number of benzene rings is 1. The molecule has 0 aliphatic carbocycles. The first-order valence-electron chi connectivity index (χ1n) is 8.34. The molecule has 9 heteroatoms. The van der Waals surface area contributed by atoms with Gasteiger partial charge in [0.25, 0.3) is 0 Å². The van der Waals surface area contributed by atoms with Gasteiger partial charge < -0.3 is 15.0 Å². The molecular formula is C18H18Cl3F2N3O. The predicted molar refractivity (Wildman–Crippen MR) is 106 cm³/mol. The lowest BCUT2D eigenvalue weighted by Crippen LogP contribution is -2.36. The van der Waals surface area contributed by atoms with Gasteiger partial charge >= 0.3 is 0 Å². The second kappa shape index (κ2) is 8.35. The average Bonchev–Trinajstić information content (AvgIpc) is 2.60. The third kappa shape index (κ3) is 5.35. The number of hydrogen-bond donors (Lipinski definition) is 1. The first-order chi connectivity index (χ1) is 12.7. The van der Waals surface area contributed by atoms with Crippen molar-refractivity contribution in [3.05, 3.63) is 41.6 Å². The van der Waals surface area contributed by atoms with Gasteiger partial charge in [0, 0.05) is 19.2 Å². The molecule has 1 aliphatic heterocycles. The number of pyridine rings is 1. The van der Waals surface area contributed by atoms with Crippen LogP contribution in [0.2, 0.25) is 0 Å². The Kier molecular flexibility index (Phi) is 6.31. The van der Waals surface area contributed by atoms with Gasteiger partial charge in [-0.15, -0.1) is 0 Å². The molecule has 3 rings (SSSR count). The van der Waals surface area contributed by atoms with E-state index in [0.717, 1.165) is 0 Å². The fourth-order valence-electron chi connectivity index (χ4n) is 2.91. The molecule has 1 saturated heterocycles. The number of nitrogens with zero attached hydrogens (tertiary/aromatic N) is 2. The van der Waals surface area contributed by atoms with Crippen molar-refractivity contribution < 1.29 is 13.5 Å². The van der Waals surface area contributed by atoms with Crippen LogP contribution >= 0.6 is 34.8 Å². The van der Waals surface area contributed by atoms with Gasteiger partial charge in [0.15, 0.2) is 0 Å². The van der Waals surface area contributed by atoms with Crippen LogP contribution in [-0.2, 0) is 4.74 Å². The number of aryl methyl sites for hydroxylation is 1. The average molecular weight is 437 g/mol. The van der Waals surface area contributed by atoms with E-state index in [-0.39, 0.29) is 12.2 Å². The first kappa shape index (κ1) is 20.4. The van der Waals surface area contributed by atoms with Gasteiger partial charge in [-0.1, -0.05) is 34.8 Å². The summed E-state index contributed by atoms with van der Waals surface area (Å²) in [6.07, 6.45) is 0. The Morgan fingerprint density at radius 2 is 1.85 bits per heavy atom. The smallest absolute Gasteiger partial charge is 0.215 e. The molecule has 2 heterocycles. The van der Waals surface area contributed by atoms with E-state index in [2.05, 4.69) is 10.3 Å². The van der Waals surface area contributed by atoms with E-state index in [4.69, 9.17) is 39.5 Å². The number of hydrogen-bond acceptors (Lipinski definition) is 4. The zero-order valence-corrected chi connectivity index (χ0v) is 16.8. The molecule has 1 aliphatic rings. The van der Waals surface area contributed by atoms with Crippen molar-refractivity contribution in [2.75, 3.05) is 43.1 Å². The highest BCUT2D eigenvalue weighted by molar-refractivity contribution is 6.67. The van der Waals surface area contributed by atoms with E-state index in [9.17, 15) is 8.78 Å². The van der Waals surface area contributed by atoms with Gasteiger partial charge in [-0.2, -0.15) is 4.39 Å². The summed E-state index contributed by atoms with van der Waals surface area (Å²) in [6.45, 7) is 4.08. The van der Waals surface area contributed by atoms with Crippen LogP contribution in [0.4, 0.5) is 20.3 Å². The minimum Gasteiger partial charge on any atom is -0.378 e. The lowest BCUT2D eigenvalue weighted by molar-refractivity contribution is 0.122. The summed E-state index contributed by atoms with van der Waals surface area (Å²) in [4.78, 5) is 5.94. The summed E-state index contributed by atoms with van der Waals surface area (Å²) >= 11 is 17.2. The van der Waals surface area contributed by atoms with Crippen LogP contribution in [-0.4, -0.2) is 41.6 Å². The topological polar surface area (TPSA) is 37.4 Å². The maximum Gasteiger partial charge on any atom is 0.215 e. The first-order valence-corrected chi connectivity index (χ1v) is 9.48. The third-order valence-corrected chi connectivity index (χ3v) is 4.62. The molecule has 1 aromatic carbocycles. The number of halogens is 5. The molecule has 0 radical (unpaired) electrons. The number of anilines is 2. The third-order valence-electron chi connectivity index (χ3n) is 4.22. The van der Waals surface area contributed by atoms with E-state index in [0.29, 0.717) is 48.8 Å². The van der Waals surface area contributed by atoms with Gasteiger partial charge in [-0.3, -0.25) is 0 Å². The molecule has 1 aromatic heterocycles. The highest BCUT2D eigenvalue weighted by atomic mass is 35.6. The number of alkyl halides is 3. The Bertz CT molecular complexity index is 824. The summed E-state index contributed by atoms with van der Waals surface area (Å²) in [5.41, 5.74) is 2.09. The van der Waals surface area contributed by atoms with E-state index in [1.807, 2.05) is 4.90 Å². The fourth-order valence-corrected chi connectivity index (χ4v) is 3.11. The standard InChI is InChI=1S/C18H18Cl3F2N3O/c1-11-6-14(22)15(24-10-18(19,20)21)9-13(11)12-7-16(23)25-17(8-12)26-2-4-27-5-3-26/h6-9,24H,2-5,10H2,1H3. The molecule has 2 aromatic rings. The Labute approximate surface area is 171 Å². The van der Waals surface area contributed by atoms with Crippen LogP contribution in [0.1, 0.15) is 5.56 Å². The number of aromatic nitrogens is 1. The second-order valence-corrected chi connectivity index (χ2v) is 8.77. The maximum atomic E-state index is 14.3. The van der Waals surface area contributed by atoms with Crippen LogP contribution in [0.25, 0.3) is 11.1 Å². The molecule has 146 valence electrons. The summed E-state index contributed by atoms with van der Waals surface area (Å²) in [5.74, 6) is -0.560. The summed E-state index contributed by atoms with van der Waals surface area (Å²) < 4.78 is 32.2. The van der Waals surface area contributed by atoms with Crippen LogP contribution in [0, 0.1) is 18.7 Å². The fraction of sp³-hybridized carbons (Fsp3) is 0.389. The maximum absolute atomic E-state index is 14.3. The molecule has 0 saturated carbocycles. The molecule has 0 unspecified atom stereocenters. The van der Waals surface area contributed by atoms with Crippen LogP contribution in [0.15, 0.2) is 24.3 Å². The minimum atomic E-state index is -1.57. The van der Waals surface area contributed by atoms with Gasteiger partial charge in [0.2, 0.25) is 9.74 Å².